The van der Waals surface area contributed by atoms with Crippen molar-refractivity contribution in [1.29, 1.82) is 5.26 Å². The van der Waals surface area contributed by atoms with Gasteiger partial charge < -0.3 is 0 Å². The zero-order chi connectivity index (χ0) is 14.0. The molecule has 1 heterocycles. The molecule has 0 amide bonds. The van der Waals surface area contributed by atoms with Crippen LogP contribution in [0.2, 0.25) is 0 Å². The lowest BCUT2D eigenvalue weighted by Gasteiger charge is -2.08. The fourth-order valence-electron chi connectivity index (χ4n) is 1.46. The fraction of sp³-hybridized carbons (Fsp3) is 0.167. The Labute approximate surface area is 111 Å². The third kappa shape index (κ3) is 3.09. The number of halogens is 3. The quantitative estimate of drug-likeness (QED) is 0.847. The van der Waals surface area contributed by atoms with Crippen LogP contribution in [0.5, 0.6) is 0 Å². The first-order valence-electron chi connectivity index (χ1n) is 5.18. The van der Waals surface area contributed by atoms with Gasteiger partial charge in [0.2, 0.25) is 0 Å². The molecular weight excluding hydrogens is 275 g/mol. The Morgan fingerprint density at radius 2 is 2.11 bits per heavy atom. The van der Waals surface area contributed by atoms with Gasteiger partial charge in [-0.25, -0.2) is 0 Å². The standard InChI is InChI=1S/C12H8F3N3S/c1-18-7-10(6-17-18)19-11-3-2-9(12(13,14)15)4-8(11)5-16/h2-4,6-7H,1H3. The third-order valence-corrected chi connectivity index (χ3v) is 3.36. The van der Waals surface area contributed by atoms with E-state index < -0.39 is 11.7 Å². The SMILES string of the molecule is Cn1cc(Sc2ccc(C(F)(F)F)cc2C#N)cn1. The van der Waals surface area contributed by atoms with E-state index in [9.17, 15) is 13.2 Å². The van der Waals surface area contributed by atoms with Crippen LogP contribution in [0.25, 0.3) is 0 Å². The van der Waals surface area contributed by atoms with Crippen molar-refractivity contribution in [1.82, 2.24) is 9.78 Å². The molecule has 1 aromatic heterocycles. The maximum Gasteiger partial charge on any atom is 0.416 e. The molecule has 0 spiro atoms. The van der Waals surface area contributed by atoms with Crippen molar-refractivity contribution in [2.75, 3.05) is 0 Å². The van der Waals surface area contributed by atoms with Crippen LogP contribution in [0, 0.1) is 11.3 Å². The van der Waals surface area contributed by atoms with E-state index in [1.807, 2.05) is 0 Å². The number of aromatic nitrogens is 2. The largest absolute Gasteiger partial charge is 0.416 e. The molecule has 7 heteroatoms. The molecule has 0 aliphatic rings. The first-order valence-corrected chi connectivity index (χ1v) is 5.99. The maximum atomic E-state index is 12.5. The molecule has 0 N–H and O–H groups in total. The van der Waals surface area contributed by atoms with Crippen LogP contribution < -0.4 is 0 Å². The molecule has 0 aliphatic heterocycles. The van der Waals surface area contributed by atoms with Crippen LogP contribution in [-0.2, 0) is 13.2 Å². The summed E-state index contributed by atoms with van der Waals surface area (Å²) in [7, 11) is 1.74. The number of nitrogens with zero attached hydrogens (tertiary/aromatic N) is 3. The van der Waals surface area contributed by atoms with Gasteiger partial charge in [0.25, 0.3) is 0 Å². The molecule has 0 radical (unpaired) electrons. The van der Waals surface area contributed by atoms with Gasteiger partial charge in [-0.2, -0.15) is 23.5 Å². The molecule has 0 unspecified atom stereocenters. The Hall–Kier alpha value is -1.94. The molecule has 3 nitrogen and oxygen atoms in total. The van der Waals surface area contributed by atoms with E-state index in [0.717, 1.165) is 17.0 Å². The molecule has 0 saturated heterocycles. The minimum Gasteiger partial charge on any atom is -0.275 e. The Morgan fingerprint density at radius 3 is 2.63 bits per heavy atom. The molecule has 0 atom stereocenters. The first kappa shape index (κ1) is 13.5. The molecular formula is C12H8F3N3S. The highest BCUT2D eigenvalue weighted by atomic mass is 32.2. The normalized spacial score (nSPS) is 11.3. The molecule has 0 saturated carbocycles. The van der Waals surface area contributed by atoms with E-state index >= 15 is 0 Å². The number of hydrogen-bond donors (Lipinski definition) is 0. The summed E-state index contributed by atoms with van der Waals surface area (Å²) in [5.41, 5.74) is -0.816. The highest BCUT2D eigenvalue weighted by molar-refractivity contribution is 7.99. The summed E-state index contributed by atoms with van der Waals surface area (Å²) in [6, 6.07) is 4.92. The molecule has 2 rings (SSSR count). The lowest BCUT2D eigenvalue weighted by atomic mass is 10.1. The van der Waals surface area contributed by atoms with Gasteiger partial charge in [-0.15, -0.1) is 0 Å². The Balaban J connectivity index is 2.34. The van der Waals surface area contributed by atoms with Crippen molar-refractivity contribution in [2.24, 2.45) is 7.05 Å². The number of benzene rings is 1. The number of alkyl halides is 3. The van der Waals surface area contributed by atoms with Crippen molar-refractivity contribution in [3.05, 3.63) is 41.7 Å². The zero-order valence-electron chi connectivity index (χ0n) is 9.77. The third-order valence-electron chi connectivity index (χ3n) is 2.34. The van der Waals surface area contributed by atoms with E-state index in [2.05, 4.69) is 5.10 Å². The van der Waals surface area contributed by atoms with Gasteiger partial charge in [0, 0.05) is 18.1 Å². The Kier molecular flexibility index (Phi) is 3.53. The van der Waals surface area contributed by atoms with Crippen LogP contribution in [-0.4, -0.2) is 9.78 Å². The molecule has 1 aromatic carbocycles. The second-order valence-corrected chi connectivity index (χ2v) is 4.89. The number of aryl methyl sites for hydroxylation is 1. The average Bonchev–Trinajstić information content (AvgIpc) is 2.74. The molecule has 2 aromatic rings. The predicted molar refractivity (Wildman–Crippen MR) is 63.5 cm³/mol. The van der Waals surface area contributed by atoms with Crippen molar-refractivity contribution in [2.45, 2.75) is 16.0 Å². The Bertz CT molecular complexity index is 640. The van der Waals surface area contributed by atoms with Gasteiger partial charge in [0.05, 0.1) is 22.2 Å². The van der Waals surface area contributed by atoms with Crippen molar-refractivity contribution >= 4 is 11.8 Å². The van der Waals surface area contributed by atoms with Crippen LogP contribution in [0.4, 0.5) is 13.2 Å². The smallest absolute Gasteiger partial charge is 0.275 e. The average molecular weight is 283 g/mol. The zero-order valence-corrected chi connectivity index (χ0v) is 10.6. The summed E-state index contributed by atoms with van der Waals surface area (Å²) in [4.78, 5) is 1.24. The van der Waals surface area contributed by atoms with E-state index in [1.165, 1.54) is 17.8 Å². The minimum absolute atomic E-state index is 0.00341. The summed E-state index contributed by atoms with van der Waals surface area (Å²) < 4.78 is 39.2. The van der Waals surface area contributed by atoms with Crippen LogP contribution in [0.3, 0.4) is 0 Å². The van der Waals surface area contributed by atoms with E-state index in [-0.39, 0.29) is 5.56 Å². The molecule has 0 bridgehead atoms. The first-order chi connectivity index (χ1) is 8.90. The van der Waals surface area contributed by atoms with Gasteiger partial charge in [0.1, 0.15) is 6.07 Å². The van der Waals surface area contributed by atoms with Crippen LogP contribution >= 0.6 is 11.8 Å². The van der Waals surface area contributed by atoms with E-state index in [0.29, 0.717) is 4.90 Å². The molecule has 0 aliphatic carbocycles. The molecule has 98 valence electrons. The number of nitriles is 1. The minimum atomic E-state index is -4.44. The van der Waals surface area contributed by atoms with Gasteiger partial charge in [-0.1, -0.05) is 11.8 Å². The van der Waals surface area contributed by atoms with Crippen molar-refractivity contribution in [3.8, 4) is 6.07 Å². The number of hydrogen-bond acceptors (Lipinski definition) is 3. The van der Waals surface area contributed by atoms with Crippen LogP contribution in [0.15, 0.2) is 40.4 Å². The highest BCUT2D eigenvalue weighted by Gasteiger charge is 2.31. The van der Waals surface area contributed by atoms with Gasteiger partial charge in [-0.05, 0) is 18.2 Å². The molecule has 0 fully saturated rings. The second kappa shape index (κ2) is 4.97. The number of rotatable bonds is 2. The van der Waals surface area contributed by atoms with Crippen molar-refractivity contribution in [3.63, 3.8) is 0 Å². The van der Waals surface area contributed by atoms with E-state index in [4.69, 9.17) is 5.26 Å². The Morgan fingerprint density at radius 1 is 1.37 bits per heavy atom. The summed E-state index contributed by atoms with van der Waals surface area (Å²) >= 11 is 1.21. The van der Waals surface area contributed by atoms with Gasteiger partial charge in [0.15, 0.2) is 0 Å². The fourth-order valence-corrected chi connectivity index (χ4v) is 2.37. The van der Waals surface area contributed by atoms with Gasteiger partial charge >= 0.3 is 6.18 Å². The maximum absolute atomic E-state index is 12.5. The lowest BCUT2D eigenvalue weighted by molar-refractivity contribution is -0.137. The highest BCUT2D eigenvalue weighted by Crippen LogP contribution is 2.35. The summed E-state index contributed by atoms with van der Waals surface area (Å²) in [6.45, 7) is 0. The monoisotopic (exact) mass is 283 g/mol. The predicted octanol–water partition coefficient (Wildman–Crippen LogP) is 3.46. The lowest BCUT2D eigenvalue weighted by Crippen LogP contribution is -2.05. The van der Waals surface area contributed by atoms with E-state index in [1.54, 1.807) is 30.2 Å². The molecule has 19 heavy (non-hydrogen) atoms. The summed E-state index contributed by atoms with van der Waals surface area (Å²) in [6.07, 6.45) is -1.13. The topological polar surface area (TPSA) is 41.6 Å². The van der Waals surface area contributed by atoms with Gasteiger partial charge in [-0.3, -0.25) is 4.68 Å². The second-order valence-electron chi connectivity index (χ2n) is 3.77. The van der Waals surface area contributed by atoms with Crippen LogP contribution in [0.1, 0.15) is 11.1 Å². The summed E-state index contributed by atoms with van der Waals surface area (Å²) in [5.74, 6) is 0. The van der Waals surface area contributed by atoms with Crippen molar-refractivity contribution < 1.29 is 13.2 Å². The summed E-state index contributed by atoms with van der Waals surface area (Å²) in [5, 5.41) is 12.9.